The van der Waals surface area contributed by atoms with Crippen molar-refractivity contribution in [3.8, 4) is 0 Å². The van der Waals surface area contributed by atoms with Crippen molar-refractivity contribution in [3.63, 3.8) is 0 Å². The third kappa shape index (κ3) is 4.82. The minimum absolute atomic E-state index is 0. The van der Waals surface area contributed by atoms with E-state index < -0.39 is 17.8 Å². The molecule has 0 unspecified atom stereocenters. The van der Waals surface area contributed by atoms with Gasteiger partial charge in [-0.1, -0.05) is 15.9 Å². The predicted molar refractivity (Wildman–Crippen MR) is 80.7 cm³/mol. The number of alkyl halides is 3. The predicted octanol–water partition coefficient (Wildman–Crippen LogP) is 2.83. The molecule has 2 N–H and O–H groups in total. The van der Waals surface area contributed by atoms with E-state index in [0.717, 1.165) is 25.2 Å². The normalized spacial score (nSPS) is 18.1. The maximum absolute atomic E-state index is 12.9. The lowest BCUT2D eigenvalue weighted by Gasteiger charge is -2.34. The number of aliphatic hydroxyl groups excluding tert-OH is 1. The van der Waals surface area contributed by atoms with Gasteiger partial charge in [0.05, 0.1) is 18.2 Å². The molecule has 0 bridgehead atoms. The average molecular weight is 390 g/mol. The molecular weight excluding hydrogens is 373 g/mol. The number of hydrogen-bond donors (Lipinski definition) is 2. The maximum Gasteiger partial charge on any atom is 0.416 e. The van der Waals surface area contributed by atoms with E-state index >= 15 is 0 Å². The van der Waals surface area contributed by atoms with Gasteiger partial charge < -0.3 is 10.4 Å². The fourth-order valence-corrected chi connectivity index (χ4v) is 2.90. The first-order valence-corrected chi connectivity index (χ1v) is 7.14. The summed E-state index contributed by atoms with van der Waals surface area (Å²) in [5.41, 5.74) is -0.216. The fourth-order valence-electron chi connectivity index (χ4n) is 2.39. The summed E-state index contributed by atoms with van der Waals surface area (Å²) in [6, 6.07) is 3.40. The van der Waals surface area contributed by atoms with Crippen LogP contribution in [0.5, 0.6) is 0 Å². The summed E-state index contributed by atoms with van der Waals surface area (Å²) in [5.74, 6) is 0. The summed E-state index contributed by atoms with van der Waals surface area (Å²) in [6.45, 7) is 2.76. The zero-order valence-corrected chi connectivity index (χ0v) is 13.6. The van der Waals surface area contributed by atoms with Crippen LogP contribution in [0.1, 0.15) is 17.2 Å². The first-order chi connectivity index (χ1) is 9.41. The average Bonchev–Trinajstić information content (AvgIpc) is 2.39. The van der Waals surface area contributed by atoms with Gasteiger partial charge >= 0.3 is 6.18 Å². The zero-order valence-electron chi connectivity index (χ0n) is 11.2. The molecule has 1 aliphatic rings. The highest BCUT2D eigenvalue weighted by Gasteiger charge is 2.32. The Kier molecular flexibility index (Phi) is 6.93. The first-order valence-electron chi connectivity index (χ1n) is 6.35. The molecule has 120 valence electrons. The van der Waals surface area contributed by atoms with Gasteiger partial charge in [-0.05, 0) is 23.8 Å². The van der Waals surface area contributed by atoms with E-state index in [2.05, 4.69) is 21.2 Å². The van der Waals surface area contributed by atoms with Crippen LogP contribution >= 0.6 is 28.3 Å². The lowest BCUT2D eigenvalue weighted by Crippen LogP contribution is -2.46. The lowest BCUT2D eigenvalue weighted by molar-refractivity contribution is -0.137. The molecule has 0 amide bonds. The van der Waals surface area contributed by atoms with Gasteiger partial charge in [0.2, 0.25) is 0 Å². The number of halogens is 5. The monoisotopic (exact) mass is 388 g/mol. The number of piperazine rings is 1. The second-order valence-electron chi connectivity index (χ2n) is 4.76. The van der Waals surface area contributed by atoms with Crippen molar-refractivity contribution in [1.29, 1.82) is 0 Å². The molecule has 1 saturated heterocycles. The van der Waals surface area contributed by atoms with Crippen LogP contribution in [-0.4, -0.2) is 42.8 Å². The van der Waals surface area contributed by atoms with Crippen molar-refractivity contribution in [2.45, 2.75) is 12.2 Å². The Bertz CT molecular complexity index is 467. The Balaban J connectivity index is 0.00000220. The van der Waals surface area contributed by atoms with Crippen LogP contribution in [0.4, 0.5) is 13.2 Å². The molecule has 0 radical (unpaired) electrons. The minimum atomic E-state index is -4.39. The molecule has 1 aromatic rings. The Morgan fingerprint density at radius 1 is 1.24 bits per heavy atom. The van der Waals surface area contributed by atoms with E-state index in [-0.39, 0.29) is 19.0 Å². The molecule has 1 heterocycles. The van der Waals surface area contributed by atoms with Crippen molar-refractivity contribution >= 4 is 28.3 Å². The molecule has 0 aliphatic carbocycles. The maximum atomic E-state index is 12.9. The van der Waals surface area contributed by atoms with Gasteiger partial charge in [0, 0.05) is 30.7 Å². The second-order valence-corrected chi connectivity index (χ2v) is 5.67. The second kappa shape index (κ2) is 7.78. The Hall–Kier alpha value is -0.340. The van der Waals surface area contributed by atoms with E-state index in [4.69, 9.17) is 0 Å². The molecule has 1 fully saturated rings. The van der Waals surface area contributed by atoms with Gasteiger partial charge in [0.1, 0.15) is 0 Å². The van der Waals surface area contributed by atoms with Gasteiger partial charge in [-0.15, -0.1) is 12.4 Å². The van der Waals surface area contributed by atoms with E-state index in [1.165, 1.54) is 0 Å². The van der Waals surface area contributed by atoms with Crippen LogP contribution in [0.2, 0.25) is 0 Å². The van der Waals surface area contributed by atoms with Crippen LogP contribution < -0.4 is 5.32 Å². The van der Waals surface area contributed by atoms with Gasteiger partial charge in [-0.3, -0.25) is 4.90 Å². The molecule has 3 nitrogen and oxygen atoms in total. The number of nitrogens with one attached hydrogen (secondary N) is 1. The van der Waals surface area contributed by atoms with Crippen molar-refractivity contribution in [2.75, 3.05) is 32.8 Å². The van der Waals surface area contributed by atoms with Crippen LogP contribution in [0.15, 0.2) is 22.7 Å². The quantitative estimate of drug-likeness (QED) is 0.834. The zero-order chi connectivity index (χ0) is 14.8. The molecule has 1 aliphatic heterocycles. The van der Waals surface area contributed by atoms with Crippen LogP contribution in [0, 0.1) is 0 Å². The van der Waals surface area contributed by atoms with Crippen molar-refractivity contribution in [2.24, 2.45) is 0 Å². The lowest BCUT2D eigenvalue weighted by atomic mass is 10.0. The third-order valence-corrected chi connectivity index (χ3v) is 3.86. The summed E-state index contributed by atoms with van der Waals surface area (Å²) in [5, 5.41) is 12.7. The van der Waals surface area contributed by atoms with E-state index in [1.807, 2.05) is 4.90 Å². The molecule has 0 saturated carbocycles. The van der Waals surface area contributed by atoms with Crippen molar-refractivity contribution < 1.29 is 18.3 Å². The molecule has 8 heteroatoms. The summed E-state index contributed by atoms with van der Waals surface area (Å²) in [4.78, 5) is 2.00. The summed E-state index contributed by atoms with van der Waals surface area (Å²) >= 11 is 3.11. The Labute approximate surface area is 136 Å². The largest absolute Gasteiger partial charge is 0.416 e. The highest BCUT2D eigenvalue weighted by molar-refractivity contribution is 9.10. The van der Waals surface area contributed by atoms with Crippen LogP contribution in [0.3, 0.4) is 0 Å². The first kappa shape index (κ1) is 18.7. The number of nitrogens with zero attached hydrogens (tertiary/aromatic N) is 1. The highest BCUT2D eigenvalue weighted by Crippen LogP contribution is 2.34. The van der Waals surface area contributed by atoms with Crippen molar-refractivity contribution in [1.82, 2.24) is 10.2 Å². The summed E-state index contributed by atoms with van der Waals surface area (Å²) in [6.07, 6.45) is -4.39. The van der Waals surface area contributed by atoms with Crippen LogP contribution in [0.25, 0.3) is 0 Å². The molecule has 21 heavy (non-hydrogen) atoms. The molecule has 1 aromatic carbocycles. The Morgan fingerprint density at radius 3 is 2.38 bits per heavy atom. The summed E-state index contributed by atoms with van der Waals surface area (Å²) in [7, 11) is 0. The SMILES string of the molecule is Cl.OC[C@H](c1cc(Br)cc(C(F)(F)F)c1)N1CCNCC1. The van der Waals surface area contributed by atoms with E-state index in [0.29, 0.717) is 23.1 Å². The minimum Gasteiger partial charge on any atom is -0.394 e. The van der Waals surface area contributed by atoms with Gasteiger partial charge in [0.15, 0.2) is 0 Å². The third-order valence-electron chi connectivity index (χ3n) is 3.40. The molecule has 0 spiro atoms. The van der Waals surface area contributed by atoms with Gasteiger partial charge in [-0.2, -0.15) is 13.2 Å². The fraction of sp³-hybridized carbons (Fsp3) is 0.538. The molecule has 2 rings (SSSR count). The van der Waals surface area contributed by atoms with Crippen molar-refractivity contribution in [3.05, 3.63) is 33.8 Å². The number of hydrogen-bond acceptors (Lipinski definition) is 3. The highest BCUT2D eigenvalue weighted by atomic mass is 79.9. The molecular formula is C13H17BrClF3N2O. The van der Waals surface area contributed by atoms with E-state index in [9.17, 15) is 18.3 Å². The van der Waals surface area contributed by atoms with Gasteiger partial charge in [0.25, 0.3) is 0 Å². The number of rotatable bonds is 3. The number of aliphatic hydroxyl groups is 1. The van der Waals surface area contributed by atoms with Gasteiger partial charge in [-0.25, -0.2) is 0 Å². The molecule has 1 atom stereocenters. The topological polar surface area (TPSA) is 35.5 Å². The number of benzene rings is 1. The molecule has 0 aromatic heterocycles. The smallest absolute Gasteiger partial charge is 0.394 e. The van der Waals surface area contributed by atoms with Crippen LogP contribution in [-0.2, 0) is 6.18 Å². The van der Waals surface area contributed by atoms with E-state index in [1.54, 1.807) is 6.07 Å². The summed E-state index contributed by atoms with van der Waals surface area (Å²) < 4.78 is 38.9. The standard InChI is InChI=1S/C13H16BrF3N2O.ClH/c14-11-6-9(5-10(7-11)13(15,16)17)12(8-20)19-3-1-18-2-4-19;/h5-7,12,18,20H,1-4,8H2;1H/t12-;/m1./s1. The Morgan fingerprint density at radius 2 is 1.86 bits per heavy atom.